The van der Waals surface area contributed by atoms with E-state index in [-0.39, 0.29) is 5.69 Å². The van der Waals surface area contributed by atoms with Crippen LogP contribution in [0.4, 0.5) is 8.78 Å². The van der Waals surface area contributed by atoms with Crippen molar-refractivity contribution < 1.29 is 13.6 Å². The molecule has 0 aromatic carbocycles. The van der Waals surface area contributed by atoms with Gasteiger partial charge in [-0.1, -0.05) is 0 Å². The third-order valence-electron chi connectivity index (χ3n) is 4.18. The van der Waals surface area contributed by atoms with Crippen molar-refractivity contribution in [1.82, 2.24) is 34.1 Å². The first-order valence-corrected chi connectivity index (χ1v) is 7.84. The zero-order valence-electron chi connectivity index (χ0n) is 14.3. The van der Waals surface area contributed by atoms with Crippen molar-refractivity contribution in [3.05, 3.63) is 36.5 Å². The molecule has 4 aromatic heterocycles. The molecule has 27 heavy (non-hydrogen) atoms. The quantitative estimate of drug-likeness (QED) is 0.587. The van der Waals surface area contributed by atoms with Crippen LogP contribution in [0.1, 0.15) is 17.0 Å². The van der Waals surface area contributed by atoms with Crippen LogP contribution in [0.3, 0.4) is 0 Å². The van der Waals surface area contributed by atoms with E-state index in [4.69, 9.17) is 5.73 Å². The molecule has 0 fully saturated rings. The molecule has 11 heteroatoms. The first kappa shape index (κ1) is 16.8. The number of imidazole rings is 1. The van der Waals surface area contributed by atoms with Gasteiger partial charge in [-0.15, -0.1) is 0 Å². The van der Waals surface area contributed by atoms with Crippen molar-refractivity contribution in [3.63, 3.8) is 0 Å². The fourth-order valence-electron chi connectivity index (χ4n) is 2.84. The summed E-state index contributed by atoms with van der Waals surface area (Å²) in [4.78, 5) is 20.5. The molecule has 0 bridgehead atoms. The van der Waals surface area contributed by atoms with E-state index in [1.165, 1.54) is 12.4 Å². The number of hydrogen-bond acceptors (Lipinski definition) is 5. The fraction of sp³-hybridized carbons (Fsp3) is 0.188. The average Bonchev–Trinajstić information content (AvgIpc) is 3.33. The molecule has 0 radical (unpaired) electrons. The summed E-state index contributed by atoms with van der Waals surface area (Å²) < 4.78 is 29.3. The topological polar surface area (TPSA) is 109 Å². The lowest BCUT2D eigenvalue weighted by Crippen LogP contribution is -2.14. The van der Waals surface area contributed by atoms with E-state index in [1.807, 2.05) is 0 Å². The standard InChI is InChI=1S/C16H14F2N8O/c1-24-7-11(8-4-21-26(6-8)16(17)18)23-15(24)13-9-5-20-25(2)12(9)3-10(22-13)14(19)27/h3-7,16H,1-2H3,(H2,19,27). The summed E-state index contributed by atoms with van der Waals surface area (Å²) in [5.74, 6) is -0.233. The van der Waals surface area contributed by atoms with Gasteiger partial charge in [0.15, 0.2) is 5.82 Å². The normalized spacial score (nSPS) is 11.6. The minimum absolute atomic E-state index is 0.0798. The Morgan fingerprint density at radius 1 is 1.15 bits per heavy atom. The van der Waals surface area contributed by atoms with Gasteiger partial charge >= 0.3 is 6.55 Å². The Balaban J connectivity index is 1.89. The van der Waals surface area contributed by atoms with E-state index < -0.39 is 12.5 Å². The average molecular weight is 372 g/mol. The number of halogens is 2. The highest BCUT2D eigenvalue weighted by Gasteiger charge is 2.19. The number of alkyl halides is 2. The number of nitrogens with two attached hydrogens (primary N) is 1. The molecule has 0 unspecified atom stereocenters. The van der Waals surface area contributed by atoms with Crippen LogP contribution in [0, 0.1) is 0 Å². The highest BCUT2D eigenvalue weighted by molar-refractivity contribution is 5.99. The molecule has 0 saturated heterocycles. The third-order valence-corrected chi connectivity index (χ3v) is 4.18. The van der Waals surface area contributed by atoms with Crippen molar-refractivity contribution in [3.8, 4) is 22.8 Å². The smallest absolute Gasteiger partial charge is 0.333 e. The minimum atomic E-state index is -2.73. The van der Waals surface area contributed by atoms with Gasteiger partial charge in [0, 0.05) is 37.4 Å². The first-order chi connectivity index (χ1) is 12.8. The van der Waals surface area contributed by atoms with Crippen molar-refractivity contribution in [2.24, 2.45) is 19.8 Å². The van der Waals surface area contributed by atoms with Gasteiger partial charge in [0.25, 0.3) is 5.91 Å². The second-order valence-corrected chi connectivity index (χ2v) is 5.97. The second-order valence-electron chi connectivity index (χ2n) is 5.97. The number of pyridine rings is 1. The lowest BCUT2D eigenvalue weighted by molar-refractivity contribution is 0.0566. The van der Waals surface area contributed by atoms with Crippen LogP contribution in [0.15, 0.2) is 30.9 Å². The zero-order valence-corrected chi connectivity index (χ0v) is 14.3. The monoisotopic (exact) mass is 372 g/mol. The number of carbonyl (C=O) groups excluding carboxylic acids is 1. The summed E-state index contributed by atoms with van der Waals surface area (Å²) in [5.41, 5.74) is 7.45. The molecule has 2 N–H and O–H groups in total. The molecule has 0 atom stereocenters. The van der Waals surface area contributed by atoms with E-state index in [2.05, 4.69) is 20.2 Å². The number of carbonyl (C=O) groups is 1. The largest absolute Gasteiger partial charge is 0.364 e. The molecular formula is C16H14F2N8O. The Labute approximate surface area is 151 Å². The molecule has 4 aromatic rings. The predicted octanol–water partition coefficient (Wildman–Crippen LogP) is 1.73. The Kier molecular flexibility index (Phi) is 3.72. The number of aromatic nitrogens is 7. The number of amides is 1. The molecule has 4 heterocycles. The number of hydrogen-bond donors (Lipinski definition) is 1. The van der Waals surface area contributed by atoms with E-state index in [9.17, 15) is 13.6 Å². The lowest BCUT2D eigenvalue weighted by atomic mass is 10.2. The summed E-state index contributed by atoms with van der Waals surface area (Å²) in [5, 5.41) is 8.50. The second kappa shape index (κ2) is 5.97. The van der Waals surface area contributed by atoms with Crippen LogP contribution in [0.25, 0.3) is 33.7 Å². The molecule has 0 aliphatic rings. The maximum absolute atomic E-state index is 12.8. The van der Waals surface area contributed by atoms with E-state index in [0.29, 0.717) is 38.4 Å². The third kappa shape index (κ3) is 2.72. The summed E-state index contributed by atoms with van der Waals surface area (Å²) in [6, 6.07) is 1.56. The summed E-state index contributed by atoms with van der Waals surface area (Å²) >= 11 is 0. The van der Waals surface area contributed by atoms with Crippen LogP contribution in [-0.2, 0) is 14.1 Å². The van der Waals surface area contributed by atoms with Crippen LogP contribution < -0.4 is 5.73 Å². The molecule has 0 aliphatic heterocycles. The van der Waals surface area contributed by atoms with Gasteiger partial charge in [-0.2, -0.15) is 19.0 Å². The van der Waals surface area contributed by atoms with Crippen molar-refractivity contribution in [2.45, 2.75) is 6.55 Å². The maximum Gasteiger partial charge on any atom is 0.333 e. The molecule has 0 aliphatic carbocycles. The van der Waals surface area contributed by atoms with Gasteiger partial charge in [-0.05, 0) is 6.07 Å². The van der Waals surface area contributed by atoms with Crippen molar-refractivity contribution in [2.75, 3.05) is 0 Å². The van der Waals surface area contributed by atoms with E-state index >= 15 is 0 Å². The Morgan fingerprint density at radius 3 is 2.59 bits per heavy atom. The Bertz CT molecular complexity index is 1170. The minimum Gasteiger partial charge on any atom is -0.364 e. The molecule has 0 saturated carbocycles. The van der Waals surface area contributed by atoms with E-state index in [0.717, 1.165) is 0 Å². The van der Waals surface area contributed by atoms with Gasteiger partial charge in [-0.25, -0.2) is 14.6 Å². The molecule has 138 valence electrons. The number of aryl methyl sites for hydroxylation is 2. The SMILES string of the molecule is Cn1cc(-c2cnn(C(F)F)c2)nc1-c1nc(C(N)=O)cc2c1cnn2C. The summed E-state index contributed by atoms with van der Waals surface area (Å²) in [7, 11) is 3.48. The number of nitrogens with zero attached hydrogens (tertiary/aromatic N) is 7. The van der Waals surface area contributed by atoms with Crippen LogP contribution >= 0.6 is 0 Å². The summed E-state index contributed by atoms with van der Waals surface area (Å²) in [6.07, 6.45) is 5.81. The van der Waals surface area contributed by atoms with Crippen LogP contribution in [-0.4, -0.2) is 40.0 Å². The number of fused-ring (bicyclic) bond motifs is 1. The maximum atomic E-state index is 12.8. The Morgan fingerprint density at radius 2 is 1.93 bits per heavy atom. The van der Waals surface area contributed by atoms with Gasteiger partial charge in [0.05, 0.1) is 23.6 Å². The fourth-order valence-corrected chi connectivity index (χ4v) is 2.84. The van der Waals surface area contributed by atoms with Gasteiger partial charge in [0.1, 0.15) is 11.4 Å². The molecule has 9 nitrogen and oxygen atoms in total. The van der Waals surface area contributed by atoms with Crippen LogP contribution in [0.2, 0.25) is 0 Å². The predicted molar refractivity (Wildman–Crippen MR) is 91.7 cm³/mol. The highest BCUT2D eigenvalue weighted by atomic mass is 19.3. The molecule has 1 amide bonds. The van der Waals surface area contributed by atoms with Gasteiger partial charge < -0.3 is 10.3 Å². The van der Waals surface area contributed by atoms with Crippen LogP contribution in [0.5, 0.6) is 0 Å². The highest BCUT2D eigenvalue weighted by Crippen LogP contribution is 2.29. The van der Waals surface area contributed by atoms with Crippen molar-refractivity contribution >= 4 is 16.8 Å². The summed E-state index contributed by atoms with van der Waals surface area (Å²) in [6.45, 7) is -2.73. The lowest BCUT2D eigenvalue weighted by Gasteiger charge is -2.05. The number of rotatable bonds is 4. The number of primary amides is 1. The van der Waals surface area contributed by atoms with Crippen molar-refractivity contribution in [1.29, 1.82) is 0 Å². The Hall–Kier alpha value is -3.63. The molecule has 0 spiro atoms. The first-order valence-electron chi connectivity index (χ1n) is 7.84. The zero-order chi connectivity index (χ0) is 19.3. The van der Waals surface area contributed by atoms with E-state index in [1.54, 1.807) is 41.8 Å². The van der Waals surface area contributed by atoms with Gasteiger partial charge in [-0.3, -0.25) is 9.48 Å². The van der Waals surface area contributed by atoms with Gasteiger partial charge in [0.2, 0.25) is 0 Å². The molecular weight excluding hydrogens is 358 g/mol. The molecule has 4 rings (SSSR count).